The van der Waals surface area contributed by atoms with Gasteiger partial charge in [0.25, 0.3) is 0 Å². The molecule has 0 aromatic heterocycles. The molecule has 0 aliphatic carbocycles. The Bertz CT molecular complexity index is 817. The average molecular weight is 300 g/mol. The van der Waals surface area contributed by atoms with Gasteiger partial charge in [0.1, 0.15) is 0 Å². The number of thioether (sulfide) groups is 1. The van der Waals surface area contributed by atoms with Crippen LogP contribution < -0.4 is 0 Å². The van der Waals surface area contributed by atoms with Crippen LogP contribution in [-0.2, 0) is 5.75 Å². The van der Waals surface area contributed by atoms with E-state index in [0.717, 1.165) is 5.75 Å². The SMILES string of the molecule is c1ccc(C2=C(c3ccccc3)c3ccccc3CS2)cc1. The van der Waals surface area contributed by atoms with Crippen LogP contribution in [0, 0.1) is 0 Å². The van der Waals surface area contributed by atoms with Gasteiger partial charge < -0.3 is 0 Å². The van der Waals surface area contributed by atoms with Crippen molar-refractivity contribution in [3.05, 3.63) is 107 Å². The topological polar surface area (TPSA) is 0 Å². The maximum atomic E-state index is 2.25. The summed E-state index contributed by atoms with van der Waals surface area (Å²) >= 11 is 1.94. The quantitative estimate of drug-likeness (QED) is 0.572. The fourth-order valence-corrected chi connectivity index (χ4v) is 4.17. The highest BCUT2D eigenvalue weighted by molar-refractivity contribution is 8.08. The summed E-state index contributed by atoms with van der Waals surface area (Å²) in [7, 11) is 0. The highest BCUT2D eigenvalue weighted by atomic mass is 32.2. The molecule has 106 valence electrons. The van der Waals surface area contributed by atoms with Crippen LogP contribution in [-0.4, -0.2) is 0 Å². The van der Waals surface area contributed by atoms with Crippen molar-refractivity contribution < 1.29 is 0 Å². The lowest BCUT2D eigenvalue weighted by Gasteiger charge is -2.23. The van der Waals surface area contributed by atoms with E-state index < -0.39 is 0 Å². The van der Waals surface area contributed by atoms with Crippen LogP contribution in [0.4, 0.5) is 0 Å². The highest BCUT2D eigenvalue weighted by Gasteiger charge is 2.21. The van der Waals surface area contributed by atoms with Crippen LogP contribution in [0.15, 0.2) is 84.9 Å². The predicted molar refractivity (Wildman–Crippen MR) is 96.5 cm³/mol. The first-order chi connectivity index (χ1) is 10.9. The Balaban J connectivity index is 2.00. The van der Waals surface area contributed by atoms with E-state index in [2.05, 4.69) is 84.9 Å². The van der Waals surface area contributed by atoms with Gasteiger partial charge in [-0.15, -0.1) is 11.8 Å². The van der Waals surface area contributed by atoms with E-state index in [1.807, 2.05) is 11.8 Å². The Kier molecular flexibility index (Phi) is 3.57. The average Bonchev–Trinajstić information content (AvgIpc) is 2.62. The lowest BCUT2D eigenvalue weighted by Crippen LogP contribution is -2.02. The van der Waals surface area contributed by atoms with Crippen molar-refractivity contribution in [3.63, 3.8) is 0 Å². The third-order valence-corrected chi connectivity index (χ3v) is 5.17. The van der Waals surface area contributed by atoms with E-state index in [-0.39, 0.29) is 0 Å². The molecule has 1 heteroatoms. The van der Waals surface area contributed by atoms with Crippen LogP contribution in [0.5, 0.6) is 0 Å². The summed E-state index contributed by atoms with van der Waals surface area (Å²) in [5.41, 5.74) is 6.75. The molecule has 3 aromatic rings. The molecule has 3 aromatic carbocycles. The molecule has 4 rings (SSSR count). The van der Waals surface area contributed by atoms with E-state index in [9.17, 15) is 0 Å². The first kappa shape index (κ1) is 13.4. The Labute approximate surface area is 135 Å². The maximum absolute atomic E-state index is 2.25. The van der Waals surface area contributed by atoms with Gasteiger partial charge in [-0.05, 0) is 22.3 Å². The summed E-state index contributed by atoms with van der Waals surface area (Å²) in [6.07, 6.45) is 0. The summed E-state index contributed by atoms with van der Waals surface area (Å²) in [6.45, 7) is 0. The van der Waals surface area contributed by atoms with E-state index in [1.165, 1.54) is 32.7 Å². The Morgan fingerprint density at radius 2 is 1.18 bits per heavy atom. The van der Waals surface area contributed by atoms with Gasteiger partial charge in [0.15, 0.2) is 0 Å². The van der Waals surface area contributed by atoms with Gasteiger partial charge in [0, 0.05) is 16.2 Å². The molecule has 0 saturated heterocycles. The molecular formula is C21H16S. The first-order valence-electron chi connectivity index (χ1n) is 7.50. The van der Waals surface area contributed by atoms with E-state index in [4.69, 9.17) is 0 Å². The summed E-state index contributed by atoms with van der Waals surface area (Å²) in [6, 6.07) is 30.2. The first-order valence-corrected chi connectivity index (χ1v) is 8.48. The summed E-state index contributed by atoms with van der Waals surface area (Å²) in [5, 5.41) is 0. The second kappa shape index (κ2) is 5.86. The molecule has 1 aliphatic rings. The Morgan fingerprint density at radius 1 is 0.591 bits per heavy atom. The molecule has 0 atom stereocenters. The van der Waals surface area contributed by atoms with Crippen molar-refractivity contribution in [1.29, 1.82) is 0 Å². The third-order valence-electron chi connectivity index (χ3n) is 3.98. The standard InChI is InChI=1S/C21H16S/c1-3-9-16(10-4-1)20-19-14-8-7-13-18(19)15-22-21(20)17-11-5-2-6-12-17/h1-14H,15H2. The molecule has 0 radical (unpaired) electrons. The molecule has 0 amide bonds. The molecule has 0 fully saturated rings. The molecule has 0 unspecified atom stereocenters. The molecular weight excluding hydrogens is 284 g/mol. The predicted octanol–water partition coefficient (Wildman–Crippen LogP) is 5.85. The van der Waals surface area contributed by atoms with Crippen LogP contribution in [0.1, 0.15) is 22.3 Å². The molecule has 0 nitrogen and oxygen atoms in total. The lowest BCUT2D eigenvalue weighted by molar-refractivity contribution is 1.36. The normalized spacial score (nSPS) is 13.8. The van der Waals surface area contributed by atoms with Crippen molar-refractivity contribution in [3.8, 4) is 0 Å². The monoisotopic (exact) mass is 300 g/mol. The van der Waals surface area contributed by atoms with Crippen molar-refractivity contribution in [2.75, 3.05) is 0 Å². The van der Waals surface area contributed by atoms with Gasteiger partial charge in [0.05, 0.1) is 0 Å². The van der Waals surface area contributed by atoms with Crippen LogP contribution in [0.3, 0.4) is 0 Å². The number of hydrogen-bond donors (Lipinski definition) is 0. The zero-order valence-electron chi connectivity index (χ0n) is 12.2. The summed E-state index contributed by atoms with van der Waals surface area (Å²) < 4.78 is 0. The number of benzene rings is 3. The summed E-state index contributed by atoms with van der Waals surface area (Å²) in [4.78, 5) is 1.38. The maximum Gasteiger partial charge on any atom is 0.0238 e. The molecule has 0 N–H and O–H groups in total. The number of hydrogen-bond acceptors (Lipinski definition) is 1. The van der Waals surface area contributed by atoms with Crippen molar-refractivity contribution in [2.45, 2.75) is 5.75 Å². The number of rotatable bonds is 2. The van der Waals surface area contributed by atoms with Crippen molar-refractivity contribution >= 4 is 22.2 Å². The minimum absolute atomic E-state index is 1.04. The minimum atomic E-state index is 1.04. The molecule has 0 spiro atoms. The Hall–Kier alpha value is -2.25. The third kappa shape index (κ3) is 2.38. The fraction of sp³-hybridized carbons (Fsp3) is 0.0476. The second-order valence-electron chi connectivity index (χ2n) is 5.38. The molecule has 0 saturated carbocycles. The van der Waals surface area contributed by atoms with E-state index in [0.29, 0.717) is 0 Å². The molecule has 22 heavy (non-hydrogen) atoms. The number of fused-ring (bicyclic) bond motifs is 1. The highest BCUT2D eigenvalue weighted by Crippen LogP contribution is 2.45. The van der Waals surface area contributed by atoms with Crippen molar-refractivity contribution in [2.24, 2.45) is 0 Å². The van der Waals surface area contributed by atoms with Crippen LogP contribution in [0.25, 0.3) is 10.5 Å². The van der Waals surface area contributed by atoms with Gasteiger partial charge in [-0.25, -0.2) is 0 Å². The van der Waals surface area contributed by atoms with Gasteiger partial charge in [-0.2, -0.15) is 0 Å². The van der Waals surface area contributed by atoms with Crippen LogP contribution in [0.2, 0.25) is 0 Å². The molecule has 1 heterocycles. The minimum Gasteiger partial charge on any atom is -0.120 e. The van der Waals surface area contributed by atoms with E-state index in [1.54, 1.807) is 0 Å². The van der Waals surface area contributed by atoms with Gasteiger partial charge >= 0.3 is 0 Å². The zero-order valence-corrected chi connectivity index (χ0v) is 13.0. The molecule has 1 aliphatic heterocycles. The van der Waals surface area contributed by atoms with E-state index >= 15 is 0 Å². The smallest absolute Gasteiger partial charge is 0.0238 e. The summed E-state index contributed by atoms with van der Waals surface area (Å²) in [5.74, 6) is 1.04. The van der Waals surface area contributed by atoms with Crippen LogP contribution >= 0.6 is 11.8 Å². The van der Waals surface area contributed by atoms with Gasteiger partial charge in [-0.3, -0.25) is 0 Å². The fourth-order valence-electron chi connectivity index (χ4n) is 2.94. The Morgan fingerprint density at radius 3 is 1.91 bits per heavy atom. The van der Waals surface area contributed by atoms with Gasteiger partial charge in [0.2, 0.25) is 0 Å². The van der Waals surface area contributed by atoms with Crippen molar-refractivity contribution in [1.82, 2.24) is 0 Å². The zero-order chi connectivity index (χ0) is 14.8. The largest absolute Gasteiger partial charge is 0.120 e. The second-order valence-corrected chi connectivity index (χ2v) is 6.37. The molecule has 0 bridgehead atoms. The van der Waals surface area contributed by atoms with Gasteiger partial charge in [-0.1, -0.05) is 84.9 Å². The lowest BCUT2D eigenvalue weighted by atomic mass is 9.92.